The summed E-state index contributed by atoms with van der Waals surface area (Å²) in [4.78, 5) is 0. The van der Waals surface area contributed by atoms with Crippen molar-refractivity contribution in [3.05, 3.63) is 59.8 Å². The Balaban J connectivity index is 1.96. The first-order valence-corrected chi connectivity index (χ1v) is 6.55. The van der Waals surface area contributed by atoms with Gasteiger partial charge in [0, 0.05) is 17.8 Å². The van der Waals surface area contributed by atoms with Crippen molar-refractivity contribution in [3.63, 3.8) is 0 Å². The summed E-state index contributed by atoms with van der Waals surface area (Å²) in [5.41, 5.74) is 9.15. The molecule has 1 aliphatic rings. The van der Waals surface area contributed by atoms with Crippen molar-refractivity contribution in [1.82, 2.24) is 0 Å². The van der Waals surface area contributed by atoms with Crippen LogP contribution in [-0.2, 0) is 0 Å². The standard InChI is InChI=1S/C17H14N3O/c1-12-10-20(11-12)16-6-5-14(19)8-17(16)21-15-4-2-3-13(7-15)9-18/h2-8,10-11H,19H2,1H3/q+1. The zero-order chi connectivity index (χ0) is 14.8. The number of ether oxygens (including phenoxy) is 1. The molecule has 0 radical (unpaired) electrons. The number of nitrogens with zero attached hydrogens (tertiary/aromatic N) is 2. The van der Waals surface area contributed by atoms with Crippen molar-refractivity contribution in [2.24, 2.45) is 0 Å². The molecule has 0 amide bonds. The first-order valence-electron chi connectivity index (χ1n) is 6.55. The lowest BCUT2D eigenvalue weighted by Crippen LogP contribution is -2.11. The molecule has 1 aliphatic heterocycles. The predicted octanol–water partition coefficient (Wildman–Crippen LogP) is 3.56. The zero-order valence-electron chi connectivity index (χ0n) is 11.6. The fourth-order valence-corrected chi connectivity index (χ4v) is 2.15. The number of benzene rings is 2. The Morgan fingerprint density at radius 3 is 2.71 bits per heavy atom. The number of nitrogen functional groups attached to an aromatic ring is 1. The van der Waals surface area contributed by atoms with Gasteiger partial charge in [0.15, 0.2) is 12.4 Å². The van der Waals surface area contributed by atoms with Gasteiger partial charge in [0.1, 0.15) is 5.75 Å². The third kappa shape index (κ3) is 2.63. The first-order chi connectivity index (χ1) is 10.2. The maximum atomic E-state index is 8.94. The van der Waals surface area contributed by atoms with Gasteiger partial charge in [-0.2, -0.15) is 9.84 Å². The van der Waals surface area contributed by atoms with E-state index in [4.69, 9.17) is 15.7 Å². The lowest BCUT2D eigenvalue weighted by atomic mass is 10.2. The lowest BCUT2D eigenvalue weighted by Gasteiger charge is -2.11. The van der Waals surface area contributed by atoms with E-state index in [1.54, 1.807) is 24.3 Å². The summed E-state index contributed by atoms with van der Waals surface area (Å²) in [5.74, 6) is 1.27. The highest BCUT2D eigenvalue weighted by molar-refractivity contribution is 5.79. The number of hydrogen-bond acceptors (Lipinski definition) is 3. The van der Waals surface area contributed by atoms with Crippen LogP contribution >= 0.6 is 0 Å². The molecule has 0 saturated carbocycles. The molecular weight excluding hydrogens is 262 g/mol. The van der Waals surface area contributed by atoms with Gasteiger partial charge in [0.25, 0.3) is 5.69 Å². The average molecular weight is 276 g/mol. The van der Waals surface area contributed by atoms with Crippen LogP contribution in [0.2, 0.25) is 0 Å². The highest BCUT2D eigenvalue weighted by Crippen LogP contribution is 2.35. The maximum absolute atomic E-state index is 8.94. The van der Waals surface area contributed by atoms with E-state index in [1.807, 2.05) is 42.1 Å². The Morgan fingerprint density at radius 2 is 2.00 bits per heavy atom. The molecular formula is C17H14N3O+. The summed E-state index contributed by atoms with van der Waals surface area (Å²) in [6, 6.07) is 14.7. The largest absolute Gasteiger partial charge is 0.450 e. The molecule has 0 aromatic heterocycles. The summed E-state index contributed by atoms with van der Waals surface area (Å²) in [5, 5.41) is 8.94. The van der Waals surface area contributed by atoms with Crippen LogP contribution in [0, 0.1) is 11.3 Å². The Bertz CT molecular complexity index is 813. The SMILES string of the molecule is CC1=C[N+](c2ccc(N)cc2Oc2cccc(C#N)c2)=C1. The van der Waals surface area contributed by atoms with E-state index in [1.165, 1.54) is 5.57 Å². The second-order valence-electron chi connectivity index (χ2n) is 4.88. The molecule has 2 aromatic rings. The normalized spacial score (nSPS) is 12.8. The van der Waals surface area contributed by atoms with Gasteiger partial charge in [-0.1, -0.05) is 6.07 Å². The number of rotatable bonds is 3. The van der Waals surface area contributed by atoms with Crippen LogP contribution in [0.3, 0.4) is 0 Å². The second-order valence-corrected chi connectivity index (χ2v) is 4.88. The van der Waals surface area contributed by atoms with Gasteiger partial charge in [-0.15, -0.1) is 0 Å². The van der Waals surface area contributed by atoms with E-state index in [2.05, 4.69) is 6.07 Å². The Hall–Kier alpha value is -3.06. The van der Waals surface area contributed by atoms with Crippen LogP contribution in [0.5, 0.6) is 11.5 Å². The van der Waals surface area contributed by atoms with Crippen LogP contribution in [0.4, 0.5) is 11.4 Å². The summed E-state index contributed by atoms with van der Waals surface area (Å²) in [6.45, 7) is 2.03. The molecule has 0 aliphatic carbocycles. The fraction of sp³-hybridized carbons (Fsp3) is 0.0588. The van der Waals surface area contributed by atoms with Crippen molar-refractivity contribution in [2.45, 2.75) is 6.92 Å². The van der Waals surface area contributed by atoms with Crippen molar-refractivity contribution in [2.75, 3.05) is 5.73 Å². The quantitative estimate of drug-likeness (QED) is 0.688. The third-order valence-electron chi connectivity index (χ3n) is 3.14. The minimum absolute atomic E-state index is 0.559. The van der Waals surface area contributed by atoms with Gasteiger partial charge in [-0.25, -0.2) is 0 Å². The fourth-order valence-electron chi connectivity index (χ4n) is 2.15. The van der Waals surface area contributed by atoms with Gasteiger partial charge in [-0.3, -0.25) is 0 Å². The van der Waals surface area contributed by atoms with Gasteiger partial charge in [-0.05, 0) is 31.2 Å². The molecule has 0 unspecified atom stereocenters. The molecule has 0 fully saturated rings. The maximum Gasteiger partial charge on any atom is 0.253 e. The van der Waals surface area contributed by atoms with Crippen molar-refractivity contribution >= 4 is 17.6 Å². The summed E-state index contributed by atoms with van der Waals surface area (Å²) in [7, 11) is 0. The molecule has 0 saturated heterocycles. The summed E-state index contributed by atoms with van der Waals surface area (Å²) >= 11 is 0. The molecule has 0 atom stereocenters. The molecule has 2 N–H and O–H groups in total. The highest BCUT2D eigenvalue weighted by Gasteiger charge is 2.21. The van der Waals surface area contributed by atoms with Crippen LogP contribution in [0.1, 0.15) is 12.5 Å². The molecule has 0 bridgehead atoms. The van der Waals surface area contributed by atoms with Crippen molar-refractivity contribution < 1.29 is 9.31 Å². The van der Waals surface area contributed by atoms with Crippen LogP contribution in [-0.4, -0.2) is 10.8 Å². The topological polar surface area (TPSA) is 62.1 Å². The minimum atomic E-state index is 0.559. The summed E-state index contributed by atoms with van der Waals surface area (Å²) in [6.07, 6.45) is 4.04. The number of nitrogens with two attached hydrogens (primary N) is 1. The lowest BCUT2D eigenvalue weighted by molar-refractivity contribution is -0.368. The zero-order valence-corrected chi connectivity index (χ0v) is 11.6. The Kier molecular flexibility index (Phi) is 3.17. The number of anilines is 1. The van der Waals surface area contributed by atoms with Crippen LogP contribution in [0.25, 0.3) is 0 Å². The van der Waals surface area contributed by atoms with Gasteiger partial charge < -0.3 is 10.5 Å². The molecule has 2 aromatic carbocycles. The molecule has 1 heterocycles. The van der Waals surface area contributed by atoms with Gasteiger partial charge in [0.05, 0.1) is 17.2 Å². The molecule has 21 heavy (non-hydrogen) atoms. The summed E-state index contributed by atoms with van der Waals surface area (Å²) < 4.78 is 7.89. The van der Waals surface area contributed by atoms with Crippen LogP contribution in [0.15, 0.2) is 54.2 Å². The molecule has 4 heteroatoms. The van der Waals surface area contributed by atoms with E-state index in [0.717, 1.165) is 5.69 Å². The first kappa shape index (κ1) is 12.9. The van der Waals surface area contributed by atoms with E-state index in [0.29, 0.717) is 22.7 Å². The van der Waals surface area contributed by atoms with Crippen molar-refractivity contribution in [1.29, 1.82) is 5.26 Å². The Morgan fingerprint density at radius 1 is 1.19 bits per heavy atom. The van der Waals surface area contributed by atoms with E-state index in [9.17, 15) is 0 Å². The van der Waals surface area contributed by atoms with Gasteiger partial charge in [0.2, 0.25) is 5.75 Å². The minimum Gasteiger partial charge on any atom is -0.450 e. The monoisotopic (exact) mass is 276 g/mol. The molecule has 4 nitrogen and oxygen atoms in total. The van der Waals surface area contributed by atoms with Crippen molar-refractivity contribution in [3.8, 4) is 17.6 Å². The van der Waals surface area contributed by atoms with E-state index in [-0.39, 0.29) is 0 Å². The predicted molar refractivity (Wildman–Crippen MR) is 81.8 cm³/mol. The van der Waals surface area contributed by atoms with Crippen LogP contribution < -0.4 is 10.5 Å². The molecule has 3 rings (SSSR count). The third-order valence-corrected chi connectivity index (χ3v) is 3.14. The van der Waals surface area contributed by atoms with Gasteiger partial charge >= 0.3 is 0 Å². The van der Waals surface area contributed by atoms with E-state index >= 15 is 0 Å². The van der Waals surface area contributed by atoms with E-state index < -0.39 is 0 Å². The molecule has 0 spiro atoms. The molecule has 102 valence electrons. The number of hydrogen-bond donors (Lipinski definition) is 1. The highest BCUT2D eigenvalue weighted by atomic mass is 16.5. The number of allylic oxidation sites excluding steroid dienone is 1. The smallest absolute Gasteiger partial charge is 0.253 e. The Labute approximate surface area is 123 Å². The number of nitriles is 1. The average Bonchev–Trinajstić information content (AvgIpc) is 2.45. The second kappa shape index (κ2) is 5.14.